The van der Waals surface area contributed by atoms with E-state index >= 15 is 0 Å². The number of hydrogen-bond donors (Lipinski definition) is 0. The van der Waals surface area contributed by atoms with Crippen molar-refractivity contribution in [2.45, 2.75) is 51.9 Å². The van der Waals surface area contributed by atoms with E-state index in [9.17, 15) is 9.59 Å². The number of carbonyl (C=O) groups excluding carboxylic acids is 2. The molecule has 0 aliphatic carbocycles. The molecule has 0 saturated carbocycles. The van der Waals surface area contributed by atoms with Crippen molar-refractivity contribution in [3.05, 3.63) is 12.4 Å². The summed E-state index contributed by atoms with van der Waals surface area (Å²) >= 11 is 0. The van der Waals surface area contributed by atoms with Gasteiger partial charge in [0.25, 0.3) is 0 Å². The molecule has 2 aliphatic heterocycles. The third-order valence-corrected chi connectivity index (χ3v) is 4.22. The van der Waals surface area contributed by atoms with Crippen LogP contribution in [-0.2, 0) is 14.3 Å². The molecule has 1 unspecified atom stereocenters. The topological polar surface area (TPSA) is 76.9 Å². The zero-order valence-electron chi connectivity index (χ0n) is 15.1. The number of piperazine rings is 1. The molecular weight excluding hydrogens is 324 g/mol. The molecule has 2 saturated heterocycles. The van der Waals surface area contributed by atoms with Gasteiger partial charge in [-0.1, -0.05) is 0 Å². The van der Waals surface area contributed by atoms with Gasteiger partial charge in [0.15, 0.2) is 0 Å². The SMILES string of the molecule is CC(C)(C)OC(=O)N1CCN(c2cnn(C3CCCCO3)c2)C(=O)C1. The standard InChI is InChI=1S/C17H26N4O4/c1-17(2,3)25-16(23)19-7-8-20(14(22)12-19)13-10-18-21(11-13)15-6-4-5-9-24-15/h10-11,15H,4-9,12H2,1-3H3. The lowest BCUT2D eigenvalue weighted by atomic mass is 10.2. The van der Waals surface area contributed by atoms with Crippen molar-refractivity contribution in [3.8, 4) is 0 Å². The smallest absolute Gasteiger partial charge is 0.410 e. The number of rotatable bonds is 2. The van der Waals surface area contributed by atoms with Gasteiger partial charge in [-0.05, 0) is 40.0 Å². The number of amides is 2. The van der Waals surface area contributed by atoms with Crippen molar-refractivity contribution in [2.75, 3.05) is 31.1 Å². The van der Waals surface area contributed by atoms with E-state index in [-0.39, 0.29) is 18.7 Å². The Labute approximate surface area is 147 Å². The molecule has 2 aliphatic rings. The van der Waals surface area contributed by atoms with Gasteiger partial charge in [0.05, 0.1) is 18.1 Å². The fraction of sp³-hybridized carbons (Fsp3) is 0.706. The Bertz CT molecular complexity index is 631. The molecule has 1 aromatic heterocycles. The summed E-state index contributed by atoms with van der Waals surface area (Å²) in [5, 5.41) is 4.34. The van der Waals surface area contributed by atoms with Crippen molar-refractivity contribution >= 4 is 17.7 Å². The predicted octanol–water partition coefficient (Wildman–Crippen LogP) is 2.17. The maximum Gasteiger partial charge on any atom is 0.410 e. The molecule has 1 aromatic rings. The molecular formula is C17H26N4O4. The number of nitrogens with zero attached hydrogens (tertiary/aromatic N) is 4. The second-order valence-electron chi connectivity index (χ2n) is 7.45. The molecule has 0 bridgehead atoms. The van der Waals surface area contributed by atoms with E-state index in [1.807, 2.05) is 27.0 Å². The lowest BCUT2D eigenvalue weighted by Gasteiger charge is -2.34. The highest BCUT2D eigenvalue weighted by molar-refractivity contribution is 5.97. The lowest BCUT2D eigenvalue weighted by molar-refractivity contribution is -0.121. The largest absolute Gasteiger partial charge is 0.444 e. The first-order valence-electron chi connectivity index (χ1n) is 8.77. The van der Waals surface area contributed by atoms with Crippen LogP contribution >= 0.6 is 0 Å². The molecule has 0 radical (unpaired) electrons. The second-order valence-corrected chi connectivity index (χ2v) is 7.45. The molecule has 0 N–H and O–H groups in total. The van der Waals surface area contributed by atoms with Crippen LogP contribution in [0.2, 0.25) is 0 Å². The summed E-state index contributed by atoms with van der Waals surface area (Å²) in [6.07, 6.45) is 6.15. The normalized spacial score (nSPS) is 22.2. The monoisotopic (exact) mass is 350 g/mol. The molecule has 0 spiro atoms. The zero-order chi connectivity index (χ0) is 18.0. The molecule has 25 heavy (non-hydrogen) atoms. The third-order valence-electron chi connectivity index (χ3n) is 4.22. The van der Waals surface area contributed by atoms with Crippen molar-refractivity contribution in [1.82, 2.24) is 14.7 Å². The third kappa shape index (κ3) is 4.31. The van der Waals surface area contributed by atoms with Gasteiger partial charge in [0, 0.05) is 19.7 Å². The van der Waals surface area contributed by atoms with Crippen LogP contribution in [0.3, 0.4) is 0 Å². The predicted molar refractivity (Wildman–Crippen MR) is 91.2 cm³/mol. The number of carbonyl (C=O) groups is 2. The van der Waals surface area contributed by atoms with Crippen molar-refractivity contribution < 1.29 is 19.1 Å². The fourth-order valence-corrected chi connectivity index (χ4v) is 2.99. The summed E-state index contributed by atoms with van der Waals surface area (Å²) in [6.45, 7) is 7.05. The average molecular weight is 350 g/mol. The van der Waals surface area contributed by atoms with Gasteiger partial charge in [-0.3, -0.25) is 9.69 Å². The summed E-state index contributed by atoms with van der Waals surface area (Å²) in [4.78, 5) is 27.7. The van der Waals surface area contributed by atoms with Crippen LogP contribution in [0.5, 0.6) is 0 Å². The van der Waals surface area contributed by atoms with E-state index in [2.05, 4.69) is 5.10 Å². The highest BCUT2D eigenvalue weighted by Crippen LogP contribution is 2.25. The number of anilines is 1. The van der Waals surface area contributed by atoms with Crippen LogP contribution in [-0.4, -0.2) is 58.5 Å². The molecule has 1 atom stereocenters. The molecule has 2 amide bonds. The fourth-order valence-electron chi connectivity index (χ4n) is 2.99. The van der Waals surface area contributed by atoms with Crippen LogP contribution in [0.4, 0.5) is 10.5 Å². The molecule has 3 heterocycles. The minimum Gasteiger partial charge on any atom is -0.444 e. The van der Waals surface area contributed by atoms with E-state index in [0.29, 0.717) is 13.1 Å². The molecule has 0 aromatic carbocycles. The van der Waals surface area contributed by atoms with Crippen LogP contribution in [0.25, 0.3) is 0 Å². The second kappa shape index (κ2) is 7.03. The van der Waals surface area contributed by atoms with E-state index in [1.165, 1.54) is 4.90 Å². The number of aromatic nitrogens is 2. The minimum atomic E-state index is -0.571. The Morgan fingerprint density at radius 1 is 1.32 bits per heavy atom. The van der Waals surface area contributed by atoms with Crippen molar-refractivity contribution in [1.29, 1.82) is 0 Å². The van der Waals surface area contributed by atoms with E-state index in [4.69, 9.17) is 9.47 Å². The Morgan fingerprint density at radius 3 is 2.76 bits per heavy atom. The van der Waals surface area contributed by atoms with Crippen molar-refractivity contribution in [2.24, 2.45) is 0 Å². The van der Waals surface area contributed by atoms with Gasteiger partial charge in [0.1, 0.15) is 18.4 Å². The quantitative estimate of drug-likeness (QED) is 0.817. The summed E-state index contributed by atoms with van der Waals surface area (Å²) in [6, 6.07) is 0. The van der Waals surface area contributed by atoms with Crippen molar-refractivity contribution in [3.63, 3.8) is 0 Å². The summed E-state index contributed by atoms with van der Waals surface area (Å²) in [5.74, 6) is -0.138. The van der Waals surface area contributed by atoms with Crippen LogP contribution < -0.4 is 4.90 Å². The van der Waals surface area contributed by atoms with Gasteiger partial charge < -0.3 is 14.4 Å². The molecule has 8 nitrogen and oxygen atoms in total. The van der Waals surface area contributed by atoms with E-state index in [0.717, 1.165) is 31.6 Å². The summed E-state index contributed by atoms with van der Waals surface area (Å²) in [5.41, 5.74) is 0.168. The van der Waals surface area contributed by atoms with Gasteiger partial charge >= 0.3 is 6.09 Å². The first kappa shape index (κ1) is 17.7. The van der Waals surface area contributed by atoms with Gasteiger partial charge in [-0.2, -0.15) is 5.10 Å². The Morgan fingerprint density at radius 2 is 2.12 bits per heavy atom. The first-order valence-corrected chi connectivity index (χ1v) is 8.77. The lowest BCUT2D eigenvalue weighted by Crippen LogP contribution is -2.53. The molecule has 2 fully saturated rings. The highest BCUT2D eigenvalue weighted by atomic mass is 16.6. The molecule has 138 valence electrons. The molecule has 8 heteroatoms. The number of ether oxygens (including phenoxy) is 2. The van der Waals surface area contributed by atoms with Gasteiger partial charge in [0.2, 0.25) is 5.91 Å². The summed E-state index contributed by atoms with van der Waals surface area (Å²) in [7, 11) is 0. The maximum atomic E-state index is 12.5. The first-order chi connectivity index (χ1) is 11.8. The highest BCUT2D eigenvalue weighted by Gasteiger charge is 2.31. The average Bonchev–Trinajstić information content (AvgIpc) is 3.03. The molecule has 3 rings (SSSR count). The van der Waals surface area contributed by atoms with Gasteiger partial charge in [-0.25, -0.2) is 9.48 Å². The Hall–Kier alpha value is -2.09. The maximum absolute atomic E-state index is 12.5. The van der Waals surface area contributed by atoms with E-state index in [1.54, 1.807) is 15.8 Å². The van der Waals surface area contributed by atoms with Crippen LogP contribution in [0.15, 0.2) is 12.4 Å². The Balaban J connectivity index is 1.61. The van der Waals surface area contributed by atoms with Crippen LogP contribution in [0.1, 0.15) is 46.3 Å². The summed E-state index contributed by atoms with van der Waals surface area (Å²) < 4.78 is 12.8. The van der Waals surface area contributed by atoms with Gasteiger partial charge in [-0.15, -0.1) is 0 Å². The minimum absolute atomic E-state index is 0.0139. The van der Waals surface area contributed by atoms with Crippen LogP contribution in [0, 0.1) is 0 Å². The number of hydrogen-bond acceptors (Lipinski definition) is 5. The van der Waals surface area contributed by atoms with E-state index < -0.39 is 11.7 Å². The Kier molecular flexibility index (Phi) is 4.99. The zero-order valence-corrected chi connectivity index (χ0v) is 15.1.